The lowest BCUT2D eigenvalue weighted by Crippen LogP contribution is -2.28. The molecule has 1 aromatic carbocycles. The van der Waals surface area contributed by atoms with E-state index in [4.69, 9.17) is 4.98 Å². The van der Waals surface area contributed by atoms with Crippen LogP contribution < -0.4 is 10.6 Å². The van der Waals surface area contributed by atoms with Crippen LogP contribution in [0, 0.1) is 23.5 Å². The summed E-state index contributed by atoms with van der Waals surface area (Å²) in [6.45, 7) is 0.211. The Morgan fingerprint density at radius 2 is 1.81 bits per heavy atom. The van der Waals surface area contributed by atoms with E-state index in [1.165, 1.54) is 12.1 Å². The highest BCUT2D eigenvalue weighted by atomic mass is 19.1. The number of hydrogen-bond donors (Lipinski definition) is 4. The molecule has 0 spiro atoms. The monoisotopic (exact) mass is 500 g/mol. The fourth-order valence-electron chi connectivity index (χ4n) is 5.36. The normalized spacial score (nSPS) is 24.5. The van der Waals surface area contributed by atoms with Gasteiger partial charge in [-0.05, 0) is 69.4 Å². The van der Waals surface area contributed by atoms with Crippen LogP contribution in [0.2, 0.25) is 0 Å². The molecule has 0 saturated heterocycles. The molecule has 2 aliphatic rings. The smallest absolute Gasteiger partial charge is 0.306 e. The van der Waals surface area contributed by atoms with Crippen LogP contribution in [0.15, 0.2) is 24.4 Å². The SMILES string of the molecule is O=C(O)C1CCC(n2c(Nc3ccc(F)cc3F)nc3cnc(N[C@H]4CC[C@H](CO)CC4)nc32)CC1. The summed E-state index contributed by atoms with van der Waals surface area (Å²) < 4.78 is 29.7. The van der Waals surface area contributed by atoms with Crippen LogP contribution >= 0.6 is 0 Å². The molecule has 0 bridgehead atoms. The van der Waals surface area contributed by atoms with Crippen LogP contribution in [-0.4, -0.2) is 48.4 Å². The number of benzene rings is 1. The highest BCUT2D eigenvalue weighted by Gasteiger charge is 2.30. The average Bonchev–Trinajstić information content (AvgIpc) is 3.23. The third kappa shape index (κ3) is 5.11. The molecule has 0 amide bonds. The molecule has 2 aromatic heterocycles. The first kappa shape index (κ1) is 24.4. The minimum absolute atomic E-state index is 0.0825. The molecule has 9 nitrogen and oxygen atoms in total. The summed E-state index contributed by atoms with van der Waals surface area (Å²) in [5, 5.41) is 25.2. The topological polar surface area (TPSA) is 125 Å². The summed E-state index contributed by atoms with van der Waals surface area (Å²) in [5.41, 5.74) is 1.18. The fraction of sp³-hybridized carbons (Fsp3) is 0.520. The fourth-order valence-corrected chi connectivity index (χ4v) is 5.36. The Labute approximate surface area is 207 Å². The number of halogens is 2. The van der Waals surface area contributed by atoms with E-state index >= 15 is 0 Å². The van der Waals surface area contributed by atoms with Gasteiger partial charge >= 0.3 is 5.97 Å². The number of anilines is 3. The zero-order valence-corrected chi connectivity index (χ0v) is 19.8. The summed E-state index contributed by atoms with van der Waals surface area (Å²) in [7, 11) is 0. The number of hydrogen-bond acceptors (Lipinski definition) is 7. The van der Waals surface area contributed by atoms with E-state index in [1.807, 2.05) is 4.57 Å². The van der Waals surface area contributed by atoms with E-state index in [0.29, 0.717) is 54.7 Å². The highest BCUT2D eigenvalue weighted by molar-refractivity contribution is 5.77. The maximum atomic E-state index is 14.4. The van der Waals surface area contributed by atoms with Crippen molar-refractivity contribution in [1.82, 2.24) is 19.5 Å². The third-order valence-corrected chi connectivity index (χ3v) is 7.46. The van der Waals surface area contributed by atoms with E-state index in [9.17, 15) is 23.8 Å². The molecule has 0 aliphatic heterocycles. The molecule has 192 valence electrons. The number of rotatable bonds is 7. The Kier molecular flexibility index (Phi) is 6.99. The van der Waals surface area contributed by atoms with Crippen LogP contribution in [0.25, 0.3) is 11.2 Å². The highest BCUT2D eigenvalue weighted by Crippen LogP contribution is 2.37. The first-order valence-electron chi connectivity index (χ1n) is 12.5. The van der Waals surface area contributed by atoms with Gasteiger partial charge in [0.1, 0.15) is 17.2 Å². The van der Waals surface area contributed by atoms with Gasteiger partial charge in [0, 0.05) is 24.8 Å². The van der Waals surface area contributed by atoms with E-state index < -0.39 is 17.6 Å². The van der Waals surface area contributed by atoms with E-state index in [2.05, 4.69) is 20.6 Å². The number of aromatic nitrogens is 4. The molecule has 0 atom stereocenters. The molecule has 11 heteroatoms. The zero-order chi connectivity index (χ0) is 25.2. The molecule has 2 aliphatic carbocycles. The molecule has 2 saturated carbocycles. The Balaban J connectivity index is 1.46. The number of fused-ring (bicyclic) bond motifs is 1. The summed E-state index contributed by atoms with van der Waals surface area (Å²) in [6, 6.07) is 3.42. The summed E-state index contributed by atoms with van der Waals surface area (Å²) in [6.07, 6.45) is 7.61. The summed E-state index contributed by atoms with van der Waals surface area (Å²) >= 11 is 0. The van der Waals surface area contributed by atoms with Crippen molar-refractivity contribution in [2.24, 2.45) is 11.8 Å². The summed E-state index contributed by atoms with van der Waals surface area (Å²) in [5.74, 6) is -1.43. The number of aliphatic hydroxyl groups is 1. The Hall–Kier alpha value is -3.34. The zero-order valence-electron chi connectivity index (χ0n) is 19.8. The molecule has 36 heavy (non-hydrogen) atoms. The Morgan fingerprint density at radius 1 is 1.06 bits per heavy atom. The van der Waals surface area contributed by atoms with E-state index in [1.54, 1.807) is 6.20 Å². The lowest BCUT2D eigenvalue weighted by atomic mass is 9.86. The van der Waals surface area contributed by atoms with Crippen molar-refractivity contribution in [3.63, 3.8) is 0 Å². The van der Waals surface area contributed by atoms with Crippen molar-refractivity contribution >= 4 is 34.7 Å². The Bertz CT molecular complexity index is 1240. The van der Waals surface area contributed by atoms with Gasteiger partial charge in [-0.15, -0.1) is 0 Å². The largest absolute Gasteiger partial charge is 0.481 e. The maximum Gasteiger partial charge on any atom is 0.306 e. The minimum Gasteiger partial charge on any atom is -0.481 e. The predicted octanol–water partition coefficient (Wildman–Crippen LogP) is 4.63. The van der Waals surface area contributed by atoms with Gasteiger partial charge in [0.2, 0.25) is 11.9 Å². The number of nitrogens with zero attached hydrogens (tertiary/aromatic N) is 4. The number of carboxylic acid groups (broad SMARTS) is 1. The Morgan fingerprint density at radius 3 is 2.47 bits per heavy atom. The average molecular weight is 501 g/mol. The molecule has 0 unspecified atom stereocenters. The van der Waals surface area contributed by atoms with Crippen molar-refractivity contribution in [3.8, 4) is 0 Å². The molecule has 2 heterocycles. The number of aliphatic hydroxyl groups excluding tert-OH is 1. The second-order valence-electron chi connectivity index (χ2n) is 9.85. The van der Waals surface area contributed by atoms with Crippen molar-refractivity contribution in [1.29, 1.82) is 0 Å². The molecule has 2 fully saturated rings. The van der Waals surface area contributed by atoms with Gasteiger partial charge in [-0.2, -0.15) is 4.98 Å². The maximum absolute atomic E-state index is 14.4. The number of carbonyl (C=O) groups is 1. The van der Waals surface area contributed by atoms with Gasteiger partial charge in [0.25, 0.3) is 0 Å². The van der Waals surface area contributed by atoms with Gasteiger partial charge in [-0.3, -0.25) is 9.36 Å². The van der Waals surface area contributed by atoms with Crippen molar-refractivity contribution in [2.45, 2.75) is 63.5 Å². The minimum atomic E-state index is -0.791. The lowest BCUT2D eigenvalue weighted by molar-refractivity contribution is -0.143. The van der Waals surface area contributed by atoms with E-state index in [-0.39, 0.29) is 30.3 Å². The van der Waals surface area contributed by atoms with Crippen LogP contribution in [-0.2, 0) is 4.79 Å². The second kappa shape index (κ2) is 10.3. The molecule has 4 N–H and O–H groups in total. The van der Waals surface area contributed by atoms with Crippen molar-refractivity contribution in [2.75, 3.05) is 17.2 Å². The van der Waals surface area contributed by atoms with Crippen LogP contribution in [0.3, 0.4) is 0 Å². The van der Waals surface area contributed by atoms with Gasteiger partial charge in [-0.25, -0.2) is 18.7 Å². The quantitative estimate of drug-likeness (QED) is 0.370. The number of nitrogens with one attached hydrogen (secondary N) is 2. The molecule has 3 aromatic rings. The van der Waals surface area contributed by atoms with Gasteiger partial charge in [-0.1, -0.05) is 0 Å². The first-order chi connectivity index (χ1) is 17.4. The second-order valence-corrected chi connectivity index (χ2v) is 9.85. The predicted molar refractivity (Wildman–Crippen MR) is 130 cm³/mol. The van der Waals surface area contributed by atoms with Crippen molar-refractivity contribution in [3.05, 3.63) is 36.0 Å². The first-order valence-corrected chi connectivity index (χ1v) is 12.5. The molecular formula is C25H30F2N6O3. The molecule has 5 rings (SSSR count). The number of imidazole rings is 1. The molecular weight excluding hydrogens is 470 g/mol. The number of aliphatic carboxylic acids is 1. The van der Waals surface area contributed by atoms with Gasteiger partial charge in [0.05, 0.1) is 17.8 Å². The van der Waals surface area contributed by atoms with Crippen LogP contribution in [0.4, 0.5) is 26.4 Å². The van der Waals surface area contributed by atoms with E-state index in [0.717, 1.165) is 31.7 Å². The summed E-state index contributed by atoms with van der Waals surface area (Å²) in [4.78, 5) is 25.3. The van der Waals surface area contributed by atoms with Crippen LogP contribution in [0.1, 0.15) is 57.4 Å². The van der Waals surface area contributed by atoms with Crippen LogP contribution in [0.5, 0.6) is 0 Å². The lowest BCUT2D eigenvalue weighted by Gasteiger charge is -2.29. The van der Waals surface area contributed by atoms with Crippen molar-refractivity contribution < 1.29 is 23.8 Å². The third-order valence-electron chi connectivity index (χ3n) is 7.46. The standard InChI is InChI=1S/C25H30F2N6O3/c26-16-5-10-20(19(27)11-16)30-25-31-21-12-28-24(29-17-6-1-14(13-34)2-7-17)32-22(21)33(25)18-8-3-15(4-9-18)23(35)36/h5,10-12,14-15,17-18,34H,1-4,6-9,13H2,(H,30,31)(H,35,36)(H,28,29,32)/t14-,15?,17-,18?. The van der Waals surface area contributed by atoms with Gasteiger partial charge < -0.3 is 20.8 Å². The van der Waals surface area contributed by atoms with Gasteiger partial charge in [0.15, 0.2) is 5.65 Å². The molecule has 0 radical (unpaired) electrons. The number of carboxylic acids is 1.